The third-order valence-corrected chi connectivity index (χ3v) is 4.55. The summed E-state index contributed by atoms with van der Waals surface area (Å²) in [5, 5.41) is 12.2. The van der Waals surface area contributed by atoms with Gasteiger partial charge in [0.1, 0.15) is 0 Å². The van der Waals surface area contributed by atoms with E-state index in [1.165, 1.54) is 11.8 Å². The predicted octanol–water partition coefficient (Wildman–Crippen LogP) is 4.91. The van der Waals surface area contributed by atoms with Crippen LogP contribution in [0.2, 0.25) is 0 Å². The van der Waals surface area contributed by atoms with E-state index in [-0.39, 0.29) is 12.6 Å². The van der Waals surface area contributed by atoms with Crippen LogP contribution in [0.5, 0.6) is 0 Å². The van der Waals surface area contributed by atoms with Gasteiger partial charge in [0.05, 0.1) is 17.2 Å². The number of rotatable bonds is 5. The minimum absolute atomic E-state index is 0.0566. The number of amides is 1. The van der Waals surface area contributed by atoms with E-state index < -0.39 is 41.1 Å². The highest BCUT2D eigenvalue weighted by Crippen LogP contribution is 2.36. The van der Waals surface area contributed by atoms with Gasteiger partial charge in [0.15, 0.2) is 0 Å². The average molecular weight is 423 g/mol. The SMILES string of the molecule is CSc1ccc(C(O)CNC(=O)c2cc(C(F)(F)F)cc(C(F)(F)F)c2)cc1. The lowest BCUT2D eigenvalue weighted by atomic mass is 10.0. The van der Waals surface area contributed by atoms with Crippen LogP contribution >= 0.6 is 11.8 Å². The van der Waals surface area contributed by atoms with Crippen molar-refractivity contribution in [2.75, 3.05) is 12.8 Å². The highest BCUT2D eigenvalue weighted by atomic mass is 32.2. The smallest absolute Gasteiger partial charge is 0.387 e. The first-order valence-corrected chi connectivity index (χ1v) is 9.04. The van der Waals surface area contributed by atoms with Crippen molar-refractivity contribution in [2.24, 2.45) is 0 Å². The molecule has 1 atom stereocenters. The Morgan fingerprint density at radius 1 is 1.00 bits per heavy atom. The molecule has 0 fully saturated rings. The zero-order valence-corrected chi connectivity index (χ0v) is 15.2. The van der Waals surface area contributed by atoms with Gasteiger partial charge in [-0.05, 0) is 42.2 Å². The third kappa shape index (κ3) is 5.65. The van der Waals surface area contributed by atoms with Gasteiger partial charge in [0, 0.05) is 17.0 Å². The van der Waals surface area contributed by atoms with Crippen molar-refractivity contribution in [3.05, 3.63) is 64.7 Å². The van der Waals surface area contributed by atoms with Crippen LogP contribution in [-0.4, -0.2) is 23.8 Å². The molecule has 0 aliphatic heterocycles. The number of carbonyl (C=O) groups excluding carboxylic acids is 1. The lowest BCUT2D eigenvalue weighted by Crippen LogP contribution is -2.29. The van der Waals surface area contributed by atoms with Gasteiger partial charge in [-0.15, -0.1) is 11.8 Å². The highest BCUT2D eigenvalue weighted by molar-refractivity contribution is 7.98. The van der Waals surface area contributed by atoms with E-state index in [1.54, 1.807) is 24.3 Å². The van der Waals surface area contributed by atoms with Crippen molar-refractivity contribution in [3.8, 4) is 0 Å². The largest absolute Gasteiger partial charge is 0.416 e. The molecule has 0 aromatic heterocycles. The number of aliphatic hydroxyl groups excluding tert-OH is 1. The highest BCUT2D eigenvalue weighted by Gasteiger charge is 2.37. The van der Waals surface area contributed by atoms with E-state index >= 15 is 0 Å². The molecule has 152 valence electrons. The summed E-state index contributed by atoms with van der Waals surface area (Å²) in [5.41, 5.74) is -3.52. The van der Waals surface area contributed by atoms with Crippen LogP contribution in [0.25, 0.3) is 0 Å². The third-order valence-electron chi connectivity index (χ3n) is 3.81. The summed E-state index contributed by atoms with van der Waals surface area (Å²) in [7, 11) is 0. The van der Waals surface area contributed by atoms with E-state index in [9.17, 15) is 36.2 Å². The van der Waals surface area contributed by atoms with E-state index in [1.807, 2.05) is 6.26 Å². The topological polar surface area (TPSA) is 49.3 Å². The first-order chi connectivity index (χ1) is 12.9. The Morgan fingerprint density at radius 2 is 1.50 bits per heavy atom. The molecule has 0 saturated carbocycles. The molecule has 0 aliphatic rings. The van der Waals surface area contributed by atoms with Crippen molar-refractivity contribution in [2.45, 2.75) is 23.4 Å². The van der Waals surface area contributed by atoms with Crippen LogP contribution in [0, 0.1) is 0 Å². The van der Waals surface area contributed by atoms with Crippen LogP contribution in [0.1, 0.15) is 33.2 Å². The molecule has 1 amide bonds. The first kappa shape index (κ1) is 22.1. The van der Waals surface area contributed by atoms with Gasteiger partial charge in [-0.1, -0.05) is 12.1 Å². The van der Waals surface area contributed by atoms with Gasteiger partial charge in [-0.25, -0.2) is 0 Å². The van der Waals surface area contributed by atoms with Crippen molar-refractivity contribution < 1.29 is 36.2 Å². The molecule has 0 radical (unpaired) electrons. The summed E-state index contributed by atoms with van der Waals surface area (Å²) < 4.78 is 77.1. The number of thioether (sulfide) groups is 1. The summed E-state index contributed by atoms with van der Waals surface area (Å²) in [6, 6.07) is 7.29. The molecule has 0 heterocycles. The maximum absolute atomic E-state index is 12.9. The van der Waals surface area contributed by atoms with E-state index in [0.717, 1.165) is 4.90 Å². The minimum atomic E-state index is -5.05. The van der Waals surface area contributed by atoms with Gasteiger partial charge in [-0.3, -0.25) is 4.79 Å². The molecular weight excluding hydrogens is 408 g/mol. The Balaban J connectivity index is 2.18. The minimum Gasteiger partial charge on any atom is -0.387 e. The Morgan fingerprint density at radius 3 is 1.93 bits per heavy atom. The number of alkyl halides is 6. The molecule has 28 heavy (non-hydrogen) atoms. The summed E-state index contributed by atoms with van der Waals surface area (Å²) in [5.74, 6) is -1.16. The maximum Gasteiger partial charge on any atom is 0.416 e. The second-order valence-corrected chi connectivity index (χ2v) is 6.67. The Kier molecular flexibility index (Phi) is 6.66. The van der Waals surface area contributed by atoms with Crippen LogP contribution in [0.4, 0.5) is 26.3 Å². The molecule has 2 rings (SSSR count). The molecule has 3 nitrogen and oxygen atoms in total. The van der Waals surface area contributed by atoms with Gasteiger partial charge in [0.2, 0.25) is 0 Å². The number of hydrogen-bond donors (Lipinski definition) is 2. The standard InChI is InChI=1S/C18H15F6NO2S/c1-28-14-4-2-10(3-5-14)15(26)9-25-16(27)11-6-12(17(19,20)21)8-13(7-11)18(22,23)24/h2-8,15,26H,9H2,1H3,(H,25,27). The van der Waals surface area contributed by atoms with Crippen molar-refractivity contribution >= 4 is 17.7 Å². The molecule has 10 heteroatoms. The monoisotopic (exact) mass is 423 g/mol. The van der Waals surface area contributed by atoms with Crippen molar-refractivity contribution in [1.82, 2.24) is 5.32 Å². The molecule has 0 saturated heterocycles. The zero-order chi connectivity index (χ0) is 21.1. The zero-order valence-electron chi connectivity index (χ0n) is 14.4. The van der Waals surface area contributed by atoms with E-state index in [4.69, 9.17) is 0 Å². The summed E-state index contributed by atoms with van der Waals surface area (Å²) in [6.07, 6.45) is -9.41. The number of halogens is 6. The van der Waals surface area contributed by atoms with Crippen LogP contribution < -0.4 is 5.32 Å². The number of carbonyl (C=O) groups is 1. The summed E-state index contributed by atoms with van der Waals surface area (Å²) in [6.45, 7) is -0.380. The second kappa shape index (κ2) is 8.44. The van der Waals surface area contributed by atoms with Gasteiger partial charge >= 0.3 is 12.4 Å². The summed E-state index contributed by atoms with van der Waals surface area (Å²) in [4.78, 5) is 13.0. The van der Waals surface area contributed by atoms with Crippen LogP contribution in [-0.2, 0) is 12.4 Å². The molecule has 1 unspecified atom stereocenters. The fourth-order valence-electron chi connectivity index (χ4n) is 2.32. The molecule has 0 aliphatic carbocycles. The molecule has 2 N–H and O–H groups in total. The van der Waals surface area contributed by atoms with Gasteiger partial charge in [0.25, 0.3) is 5.91 Å². The van der Waals surface area contributed by atoms with Crippen molar-refractivity contribution in [3.63, 3.8) is 0 Å². The van der Waals surface area contributed by atoms with Crippen LogP contribution in [0.15, 0.2) is 47.4 Å². The molecule has 2 aromatic carbocycles. The van der Waals surface area contributed by atoms with Gasteiger partial charge < -0.3 is 10.4 Å². The van der Waals surface area contributed by atoms with Crippen LogP contribution in [0.3, 0.4) is 0 Å². The Bertz CT molecular complexity index is 801. The van der Waals surface area contributed by atoms with Gasteiger partial charge in [-0.2, -0.15) is 26.3 Å². The molecule has 0 bridgehead atoms. The Labute approximate surface area is 160 Å². The predicted molar refractivity (Wildman–Crippen MR) is 92.0 cm³/mol. The normalized spacial score (nSPS) is 13.3. The fourth-order valence-corrected chi connectivity index (χ4v) is 2.73. The fraction of sp³-hybridized carbons (Fsp3) is 0.278. The second-order valence-electron chi connectivity index (χ2n) is 5.79. The quantitative estimate of drug-likeness (QED) is 0.531. The lowest BCUT2D eigenvalue weighted by molar-refractivity contribution is -0.143. The molecular formula is C18H15F6NO2S. The van der Waals surface area contributed by atoms with Crippen molar-refractivity contribution in [1.29, 1.82) is 0 Å². The number of nitrogens with one attached hydrogen (secondary N) is 1. The Hall–Kier alpha value is -2.20. The number of hydrogen-bond acceptors (Lipinski definition) is 3. The number of benzene rings is 2. The first-order valence-electron chi connectivity index (χ1n) is 7.81. The van der Waals surface area contributed by atoms with E-state index in [2.05, 4.69) is 5.32 Å². The lowest BCUT2D eigenvalue weighted by Gasteiger charge is -2.15. The van der Waals surface area contributed by atoms with E-state index in [0.29, 0.717) is 17.7 Å². The maximum atomic E-state index is 12.9. The summed E-state index contributed by atoms with van der Waals surface area (Å²) >= 11 is 1.48. The average Bonchev–Trinajstić information content (AvgIpc) is 2.64. The number of aliphatic hydroxyl groups is 1. The molecule has 0 spiro atoms. The molecule has 2 aromatic rings.